The van der Waals surface area contributed by atoms with Crippen LogP contribution >= 0.6 is 11.8 Å². The van der Waals surface area contributed by atoms with Gasteiger partial charge < -0.3 is 9.15 Å². The van der Waals surface area contributed by atoms with Crippen LogP contribution in [0.2, 0.25) is 0 Å². The van der Waals surface area contributed by atoms with Crippen LogP contribution in [0.4, 0.5) is 0 Å². The molecule has 1 aromatic carbocycles. The van der Waals surface area contributed by atoms with Crippen LogP contribution in [-0.4, -0.2) is 54.5 Å². The van der Waals surface area contributed by atoms with Crippen LogP contribution in [0.1, 0.15) is 6.42 Å². The van der Waals surface area contributed by atoms with E-state index in [1.165, 1.54) is 53.0 Å². The molecule has 136 valence electrons. The van der Waals surface area contributed by atoms with E-state index in [1.807, 2.05) is 0 Å². The van der Waals surface area contributed by atoms with E-state index in [-0.39, 0.29) is 21.9 Å². The number of aryl methyl sites for hydroxylation is 1. The first-order valence-corrected chi connectivity index (χ1v) is 10.1. The van der Waals surface area contributed by atoms with Crippen LogP contribution < -0.4 is 5.76 Å². The molecular formula is C15H18N2O6S2. The van der Waals surface area contributed by atoms with Gasteiger partial charge in [0.15, 0.2) is 5.58 Å². The molecule has 25 heavy (non-hydrogen) atoms. The predicted molar refractivity (Wildman–Crippen MR) is 93.1 cm³/mol. The van der Waals surface area contributed by atoms with Crippen molar-refractivity contribution < 1.29 is 22.4 Å². The second kappa shape index (κ2) is 6.85. The summed E-state index contributed by atoms with van der Waals surface area (Å²) in [5, 5.41) is 0.0517. The van der Waals surface area contributed by atoms with E-state index in [1.54, 1.807) is 0 Å². The fraction of sp³-hybridized carbons (Fsp3) is 0.467. The molecule has 1 aliphatic rings. The van der Waals surface area contributed by atoms with E-state index in [0.29, 0.717) is 30.6 Å². The van der Waals surface area contributed by atoms with Crippen LogP contribution in [0.15, 0.2) is 32.3 Å². The Morgan fingerprint density at radius 1 is 1.44 bits per heavy atom. The first-order valence-electron chi connectivity index (χ1n) is 7.61. The number of nitrogens with zero attached hydrogens (tertiary/aromatic N) is 2. The molecule has 1 saturated heterocycles. The van der Waals surface area contributed by atoms with Crippen molar-refractivity contribution in [1.82, 2.24) is 8.87 Å². The molecule has 2 aromatic rings. The van der Waals surface area contributed by atoms with E-state index >= 15 is 0 Å². The lowest BCUT2D eigenvalue weighted by Gasteiger charge is -2.16. The van der Waals surface area contributed by atoms with Crippen LogP contribution in [0, 0.1) is 0 Å². The van der Waals surface area contributed by atoms with Crippen molar-refractivity contribution in [2.75, 3.05) is 26.0 Å². The number of thioether (sulfide) groups is 1. The first-order chi connectivity index (χ1) is 11.8. The highest BCUT2D eigenvalue weighted by molar-refractivity contribution is 8.00. The highest BCUT2D eigenvalue weighted by atomic mass is 32.2. The van der Waals surface area contributed by atoms with E-state index in [2.05, 4.69) is 4.74 Å². The Balaban J connectivity index is 1.79. The zero-order valence-electron chi connectivity index (χ0n) is 13.8. The molecule has 0 saturated carbocycles. The number of esters is 1. The number of aromatic nitrogens is 1. The van der Waals surface area contributed by atoms with E-state index in [9.17, 15) is 18.0 Å². The van der Waals surface area contributed by atoms with Crippen molar-refractivity contribution in [1.29, 1.82) is 0 Å². The predicted octanol–water partition coefficient (Wildman–Crippen LogP) is 0.801. The summed E-state index contributed by atoms with van der Waals surface area (Å²) in [5.41, 5.74) is 0.779. The quantitative estimate of drug-likeness (QED) is 0.701. The lowest BCUT2D eigenvalue weighted by Crippen LogP contribution is -2.29. The Kier molecular flexibility index (Phi) is 4.94. The zero-order chi connectivity index (χ0) is 18.2. The molecule has 0 spiro atoms. The number of carbonyl (C=O) groups is 1. The summed E-state index contributed by atoms with van der Waals surface area (Å²) in [6.07, 6.45) is 0.674. The molecule has 0 amide bonds. The molecule has 0 unspecified atom stereocenters. The highest BCUT2D eigenvalue weighted by Gasteiger charge is 2.33. The average Bonchev–Trinajstić information content (AvgIpc) is 3.18. The number of benzene rings is 1. The van der Waals surface area contributed by atoms with E-state index in [4.69, 9.17) is 4.42 Å². The van der Waals surface area contributed by atoms with Crippen molar-refractivity contribution in [3.8, 4) is 0 Å². The maximum Gasteiger partial charge on any atom is 0.419 e. The number of fused-ring (bicyclic) bond motifs is 1. The SMILES string of the molecule is COC(=O)CS[C@@H]1CCN(S(=O)(=O)c2ccc3oc(=O)n(C)c3c2)C1. The Morgan fingerprint density at radius 3 is 2.92 bits per heavy atom. The van der Waals surface area contributed by atoms with Crippen molar-refractivity contribution in [3.63, 3.8) is 0 Å². The number of methoxy groups -OCH3 is 1. The summed E-state index contributed by atoms with van der Waals surface area (Å²) in [6, 6.07) is 4.38. The fourth-order valence-corrected chi connectivity index (χ4v) is 5.37. The van der Waals surface area contributed by atoms with Gasteiger partial charge in [-0.3, -0.25) is 9.36 Å². The number of carbonyl (C=O) groups excluding carboxylic acids is 1. The summed E-state index contributed by atoms with van der Waals surface area (Å²) in [4.78, 5) is 22.9. The molecule has 1 fully saturated rings. The lowest BCUT2D eigenvalue weighted by molar-refractivity contribution is -0.137. The van der Waals surface area contributed by atoms with Gasteiger partial charge in [-0.1, -0.05) is 0 Å². The summed E-state index contributed by atoms with van der Waals surface area (Å²) < 4.78 is 38.0. The van der Waals surface area contributed by atoms with Gasteiger partial charge in [-0.15, -0.1) is 11.8 Å². The second-order valence-electron chi connectivity index (χ2n) is 5.72. The molecule has 0 N–H and O–H groups in total. The third-order valence-corrected chi connectivity index (χ3v) is 7.29. The summed E-state index contributed by atoms with van der Waals surface area (Å²) >= 11 is 1.40. The van der Waals surface area contributed by atoms with Gasteiger partial charge in [-0.25, -0.2) is 13.2 Å². The third-order valence-electron chi connectivity index (χ3n) is 4.17. The maximum absolute atomic E-state index is 12.8. The molecule has 10 heteroatoms. The third kappa shape index (κ3) is 3.46. The van der Waals surface area contributed by atoms with Gasteiger partial charge in [0, 0.05) is 25.4 Å². The minimum Gasteiger partial charge on any atom is -0.468 e. The topological polar surface area (TPSA) is 98.8 Å². The summed E-state index contributed by atoms with van der Waals surface area (Å²) in [7, 11) is -0.813. The number of sulfonamides is 1. The molecular weight excluding hydrogens is 368 g/mol. The minimum absolute atomic E-state index is 0.0517. The zero-order valence-corrected chi connectivity index (χ0v) is 15.4. The molecule has 3 rings (SSSR count). The highest BCUT2D eigenvalue weighted by Crippen LogP contribution is 2.28. The number of hydrogen-bond donors (Lipinski definition) is 0. The van der Waals surface area contributed by atoms with Crippen molar-refractivity contribution in [3.05, 3.63) is 28.7 Å². The Bertz CT molecular complexity index is 962. The smallest absolute Gasteiger partial charge is 0.419 e. The van der Waals surface area contributed by atoms with Gasteiger partial charge in [0.25, 0.3) is 0 Å². The monoisotopic (exact) mass is 386 g/mol. The molecule has 8 nitrogen and oxygen atoms in total. The largest absolute Gasteiger partial charge is 0.468 e. The van der Waals surface area contributed by atoms with Crippen molar-refractivity contribution in [2.45, 2.75) is 16.6 Å². The molecule has 0 radical (unpaired) electrons. The number of ether oxygens (including phenoxy) is 1. The lowest BCUT2D eigenvalue weighted by atomic mass is 10.3. The standard InChI is InChI=1S/C15H18N2O6S2/c1-16-12-7-11(3-4-13(12)23-15(16)19)25(20,21)17-6-5-10(8-17)24-9-14(18)22-2/h3-4,7,10H,5-6,8-9H2,1-2H3/t10-/m1/s1. The van der Waals surface area contributed by atoms with Gasteiger partial charge in [-0.05, 0) is 24.6 Å². The summed E-state index contributed by atoms with van der Waals surface area (Å²) in [5.74, 6) is -0.652. The molecule has 1 aromatic heterocycles. The number of oxazole rings is 1. The summed E-state index contributed by atoms with van der Waals surface area (Å²) in [6.45, 7) is 0.732. The normalized spacial score (nSPS) is 18.7. The van der Waals surface area contributed by atoms with Crippen LogP contribution in [0.25, 0.3) is 11.1 Å². The van der Waals surface area contributed by atoms with Crippen LogP contribution in [0.3, 0.4) is 0 Å². The van der Waals surface area contributed by atoms with Crippen LogP contribution in [-0.2, 0) is 26.6 Å². The Morgan fingerprint density at radius 2 is 2.20 bits per heavy atom. The van der Waals surface area contributed by atoms with Crippen molar-refractivity contribution in [2.24, 2.45) is 7.05 Å². The molecule has 0 aliphatic carbocycles. The Labute approximate surface area is 148 Å². The number of hydrogen-bond acceptors (Lipinski definition) is 7. The molecule has 1 atom stereocenters. The van der Waals surface area contributed by atoms with Gasteiger partial charge in [0.2, 0.25) is 10.0 Å². The molecule has 1 aliphatic heterocycles. The van der Waals surface area contributed by atoms with E-state index in [0.717, 1.165) is 0 Å². The van der Waals surface area contributed by atoms with E-state index < -0.39 is 15.8 Å². The number of rotatable bonds is 5. The van der Waals surface area contributed by atoms with Gasteiger partial charge in [0.1, 0.15) is 0 Å². The van der Waals surface area contributed by atoms with Gasteiger partial charge in [-0.2, -0.15) is 4.31 Å². The van der Waals surface area contributed by atoms with Gasteiger partial charge >= 0.3 is 11.7 Å². The van der Waals surface area contributed by atoms with Crippen molar-refractivity contribution >= 4 is 38.9 Å². The fourth-order valence-electron chi connectivity index (χ4n) is 2.71. The average molecular weight is 386 g/mol. The molecule has 2 heterocycles. The van der Waals surface area contributed by atoms with Crippen LogP contribution in [0.5, 0.6) is 0 Å². The first kappa shape index (κ1) is 18.0. The maximum atomic E-state index is 12.8. The minimum atomic E-state index is -3.67. The molecule has 0 bridgehead atoms. The second-order valence-corrected chi connectivity index (χ2v) is 8.94. The Hall–Kier alpha value is -1.78. The van der Waals surface area contributed by atoms with Gasteiger partial charge in [0.05, 0.1) is 23.3 Å².